The molecule has 7 nitrogen and oxygen atoms in total. The minimum absolute atomic E-state index is 0.0108. The predicted octanol–water partition coefficient (Wildman–Crippen LogP) is 4.44. The first kappa shape index (κ1) is 19.3. The lowest BCUT2D eigenvalue weighted by molar-refractivity contribution is -0.136. The molecule has 0 radical (unpaired) electrons. The van der Waals surface area contributed by atoms with E-state index in [-0.39, 0.29) is 23.3 Å². The molecule has 1 heterocycles. The van der Waals surface area contributed by atoms with Crippen molar-refractivity contribution in [1.29, 1.82) is 0 Å². The van der Waals surface area contributed by atoms with Crippen LogP contribution in [-0.2, 0) is 11.2 Å². The number of ketones is 1. The molecule has 0 unspecified atom stereocenters. The van der Waals surface area contributed by atoms with E-state index in [1.165, 1.54) is 0 Å². The average molecular weight is 408 g/mol. The van der Waals surface area contributed by atoms with Crippen molar-refractivity contribution in [3.63, 3.8) is 0 Å². The number of urea groups is 1. The Balaban J connectivity index is 1.71. The van der Waals surface area contributed by atoms with E-state index in [1.54, 1.807) is 23.6 Å². The zero-order valence-electron chi connectivity index (χ0n) is 14.3. The third-order valence-electron chi connectivity index (χ3n) is 4.33. The molecule has 9 heteroatoms. The SMILES string of the molecule is O=C(O)Cc1csc(NC(=O)Nc2ccc(Cl)cc2C(=O)C2CCCC2)n1. The summed E-state index contributed by atoms with van der Waals surface area (Å²) in [6.07, 6.45) is 3.55. The van der Waals surface area contributed by atoms with Gasteiger partial charge in [-0.25, -0.2) is 9.78 Å². The Bertz CT molecular complexity index is 877. The molecule has 0 saturated heterocycles. The molecule has 1 aliphatic rings. The van der Waals surface area contributed by atoms with Crippen molar-refractivity contribution in [3.8, 4) is 0 Å². The molecule has 1 aromatic heterocycles. The molecule has 1 fully saturated rings. The van der Waals surface area contributed by atoms with Crippen LogP contribution in [0.2, 0.25) is 5.02 Å². The topological polar surface area (TPSA) is 108 Å². The highest BCUT2D eigenvalue weighted by atomic mass is 35.5. The Morgan fingerprint density at radius 1 is 1.22 bits per heavy atom. The lowest BCUT2D eigenvalue weighted by atomic mass is 9.95. The maximum Gasteiger partial charge on any atom is 0.325 e. The molecule has 3 N–H and O–H groups in total. The van der Waals surface area contributed by atoms with E-state index < -0.39 is 12.0 Å². The number of anilines is 2. The van der Waals surface area contributed by atoms with Crippen molar-refractivity contribution in [3.05, 3.63) is 39.9 Å². The van der Waals surface area contributed by atoms with Crippen LogP contribution in [0.3, 0.4) is 0 Å². The molecular formula is C18H18ClN3O4S. The third kappa shape index (κ3) is 5.05. The summed E-state index contributed by atoms with van der Waals surface area (Å²) >= 11 is 7.17. The minimum atomic E-state index is -0.993. The van der Waals surface area contributed by atoms with Crippen molar-refractivity contribution < 1.29 is 19.5 Å². The van der Waals surface area contributed by atoms with Gasteiger partial charge >= 0.3 is 12.0 Å². The molecule has 3 rings (SSSR count). The minimum Gasteiger partial charge on any atom is -0.481 e. The number of benzene rings is 1. The zero-order chi connectivity index (χ0) is 19.4. The Hall–Kier alpha value is -2.45. The fourth-order valence-corrected chi connectivity index (χ4v) is 3.97. The van der Waals surface area contributed by atoms with Crippen LogP contribution >= 0.6 is 22.9 Å². The molecule has 0 bridgehead atoms. The van der Waals surface area contributed by atoms with Crippen molar-refractivity contribution in [2.24, 2.45) is 5.92 Å². The molecule has 0 aliphatic heterocycles. The number of halogens is 1. The van der Waals surface area contributed by atoms with E-state index in [9.17, 15) is 14.4 Å². The van der Waals surface area contributed by atoms with Crippen LogP contribution in [0.25, 0.3) is 0 Å². The highest BCUT2D eigenvalue weighted by Crippen LogP contribution is 2.31. The van der Waals surface area contributed by atoms with Gasteiger partial charge in [0.05, 0.1) is 17.8 Å². The van der Waals surface area contributed by atoms with Gasteiger partial charge in [0, 0.05) is 21.9 Å². The monoisotopic (exact) mass is 407 g/mol. The summed E-state index contributed by atoms with van der Waals surface area (Å²) < 4.78 is 0. The largest absolute Gasteiger partial charge is 0.481 e. The summed E-state index contributed by atoms with van der Waals surface area (Å²) in [5, 5.41) is 16.3. The summed E-state index contributed by atoms with van der Waals surface area (Å²) in [5.41, 5.74) is 1.15. The first-order valence-electron chi connectivity index (χ1n) is 8.50. The summed E-state index contributed by atoms with van der Waals surface area (Å²) in [5.74, 6) is -1.04. The van der Waals surface area contributed by atoms with Crippen molar-refractivity contribution >= 4 is 51.5 Å². The highest BCUT2D eigenvalue weighted by Gasteiger charge is 2.26. The van der Waals surface area contributed by atoms with E-state index in [4.69, 9.17) is 16.7 Å². The second-order valence-corrected chi connectivity index (χ2v) is 7.62. The Labute approximate surface area is 164 Å². The van der Waals surface area contributed by atoms with Crippen molar-refractivity contribution in [2.75, 3.05) is 10.6 Å². The zero-order valence-corrected chi connectivity index (χ0v) is 15.9. The molecule has 2 amide bonds. The quantitative estimate of drug-likeness (QED) is 0.613. The number of thiazole rings is 1. The van der Waals surface area contributed by atoms with Crippen LogP contribution in [0.4, 0.5) is 15.6 Å². The summed E-state index contributed by atoms with van der Waals surface area (Å²) in [6.45, 7) is 0. The molecule has 1 aromatic carbocycles. The number of carbonyl (C=O) groups is 3. The van der Waals surface area contributed by atoms with E-state index >= 15 is 0 Å². The number of aliphatic carboxylic acids is 1. The first-order chi connectivity index (χ1) is 12.9. The molecule has 142 valence electrons. The third-order valence-corrected chi connectivity index (χ3v) is 5.37. The molecule has 2 aromatic rings. The maximum absolute atomic E-state index is 12.8. The number of Topliss-reactive ketones (excluding diaryl/α,β-unsaturated/α-hetero) is 1. The normalized spacial score (nSPS) is 14.1. The molecule has 27 heavy (non-hydrogen) atoms. The van der Waals surface area contributed by atoms with Crippen LogP contribution in [0.1, 0.15) is 41.7 Å². The van der Waals surface area contributed by atoms with Crippen molar-refractivity contribution in [2.45, 2.75) is 32.1 Å². The molecular weight excluding hydrogens is 390 g/mol. The van der Waals surface area contributed by atoms with Crippen LogP contribution < -0.4 is 10.6 Å². The first-order valence-corrected chi connectivity index (χ1v) is 9.76. The van der Waals surface area contributed by atoms with Gasteiger partial charge in [0.25, 0.3) is 0 Å². The van der Waals surface area contributed by atoms with Gasteiger partial charge in [-0.3, -0.25) is 14.9 Å². The summed E-state index contributed by atoms with van der Waals surface area (Å²) in [6, 6.07) is 4.22. The lowest BCUT2D eigenvalue weighted by Crippen LogP contribution is -2.22. The van der Waals surface area contributed by atoms with E-state index in [2.05, 4.69) is 15.6 Å². The number of hydrogen-bond acceptors (Lipinski definition) is 5. The number of amides is 2. The van der Waals surface area contributed by atoms with Crippen LogP contribution in [-0.4, -0.2) is 27.9 Å². The van der Waals surface area contributed by atoms with Crippen LogP contribution in [0, 0.1) is 5.92 Å². The fraction of sp³-hybridized carbons (Fsp3) is 0.333. The maximum atomic E-state index is 12.8. The summed E-state index contributed by atoms with van der Waals surface area (Å²) in [7, 11) is 0. The number of carbonyl (C=O) groups excluding carboxylic acids is 2. The number of rotatable bonds is 6. The standard InChI is InChI=1S/C18H18ClN3O4S/c19-11-5-6-14(13(7-11)16(25)10-3-1-2-4-10)21-17(26)22-18-20-12(9-27-18)8-15(23)24/h5-7,9-10H,1-4,8H2,(H,23,24)(H2,20,21,22,26). The molecule has 0 atom stereocenters. The molecule has 1 aliphatic carbocycles. The number of nitrogens with zero attached hydrogens (tertiary/aromatic N) is 1. The second-order valence-electron chi connectivity index (χ2n) is 6.33. The number of carboxylic acid groups (broad SMARTS) is 1. The average Bonchev–Trinajstić information content (AvgIpc) is 3.27. The predicted molar refractivity (Wildman–Crippen MR) is 104 cm³/mol. The Morgan fingerprint density at radius 2 is 1.96 bits per heavy atom. The van der Waals surface area contributed by atoms with Crippen molar-refractivity contribution in [1.82, 2.24) is 4.98 Å². The van der Waals surface area contributed by atoms with Gasteiger partial charge in [0.2, 0.25) is 0 Å². The molecule has 1 saturated carbocycles. The van der Waals surface area contributed by atoms with Gasteiger partial charge < -0.3 is 10.4 Å². The number of hydrogen-bond donors (Lipinski definition) is 3. The number of nitrogens with one attached hydrogen (secondary N) is 2. The van der Waals surface area contributed by atoms with Crippen LogP contribution in [0.5, 0.6) is 0 Å². The summed E-state index contributed by atoms with van der Waals surface area (Å²) in [4.78, 5) is 39.8. The van der Waals surface area contributed by atoms with Gasteiger partial charge in [-0.2, -0.15) is 0 Å². The highest BCUT2D eigenvalue weighted by molar-refractivity contribution is 7.14. The van der Waals surface area contributed by atoms with Gasteiger partial charge in [-0.05, 0) is 31.0 Å². The smallest absolute Gasteiger partial charge is 0.325 e. The van der Waals surface area contributed by atoms with E-state index in [0.717, 1.165) is 37.0 Å². The van der Waals surface area contributed by atoms with E-state index in [1.807, 2.05) is 0 Å². The van der Waals surface area contributed by atoms with Gasteiger partial charge in [0.1, 0.15) is 0 Å². The van der Waals surface area contributed by atoms with Gasteiger partial charge in [-0.1, -0.05) is 24.4 Å². The van der Waals surface area contributed by atoms with Crippen LogP contribution in [0.15, 0.2) is 23.6 Å². The molecule has 0 spiro atoms. The Morgan fingerprint density at radius 3 is 2.67 bits per heavy atom. The van der Waals surface area contributed by atoms with E-state index in [0.29, 0.717) is 22.0 Å². The lowest BCUT2D eigenvalue weighted by Gasteiger charge is -2.14. The second kappa shape index (κ2) is 8.49. The van der Waals surface area contributed by atoms with Gasteiger partial charge in [0.15, 0.2) is 10.9 Å². The number of carboxylic acids is 1. The van der Waals surface area contributed by atoms with Gasteiger partial charge in [-0.15, -0.1) is 11.3 Å². The fourth-order valence-electron chi connectivity index (χ4n) is 3.09. The number of aromatic nitrogens is 1. The Kier molecular flexibility index (Phi) is 6.08.